The molecule has 0 radical (unpaired) electrons. The van der Waals surface area contributed by atoms with Crippen LogP contribution in [0, 0.1) is 0 Å². The molecule has 0 unspecified atom stereocenters. The highest BCUT2D eigenvalue weighted by molar-refractivity contribution is 5.19. The molecular formula is C22H32N4. The minimum atomic E-state index is 0.232. The average molecular weight is 353 g/mol. The van der Waals surface area contributed by atoms with Crippen LogP contribution in [0.3, 0.4) is 0 Å². The SMILES string of the molecule is Cn1cc(CN2CCCCC[C@@H]3N[C@H](Cc4ccccc4)C[C@@]32C)cn1. The van der Waals surface area contributed by atoms with Crippen molar-refractivity contribution < 1.29 is 0 Å². The summed E-state index contributed by atoms with van der Waals surface area (Å²) < 4.78 is 1.92. The average Bonchev–Trinajstić information content (AvgIpc) is 3.16. The summed E-state index contributed by atoms with van der Waals surface area (Å²) in [4.78, 5) is 2.74. The third kappa shape index (κ3) is 3.72. The quantitative estimate of drug-likeness (QED) is 0.914. The summed E-state index contributed by atoms with van der Waals surface area (Å²) >= 11 is 0. The van der Waals surface area contributed by atoms with E-state index < -0.39 is 0 Å². The largest absolute Gasteiger partial charge is 0.309 e. The van der Waals surface area contributed by atoms with Gasteiger partial charge in [-0.3, -0.25) is 9.58 Å². The molecule has 140 valence electrons. The van der Waals surface area contributed by atoms with E-state index in [4.69, 9.17) is 0 Å². The first-order valence-corrected chi connectivity index (χ1v) is 10.2. The van der Waals surface area contributed by atoms with Crippen molar-refractivity contribution in [1.82, 2.24) is 20.0 Å². The van der Waals surface area contributed by atoms with Crippen molar-refractivity contribution in [3.05, 3.63) is 53.9 Å². The van der Waals surface area contributed by atoms with E-state index in [0.717, 1.165) is 13.0 Å². The molecule has 2 aliphatic heterocycles. The van der Waals surface area contributed by atoms with Crippen LogP contribution in [-0.4, -0.2) is 38.8 Å². The van der Waals surface area contributed by atoms with E-state index in [9.17, 15) is 0 Å². The van der Waals surface area contributed by atoms with E-state index in [-0.39, 0.29) is 5.54 Å². The summed E-state index contributed by atoms with van der Waals surface area (Å²) in [5.74, 6) is 0. The van der Waals surface area contributed by atoms with Crippen LogP contribution in [0.15, 0.2) is 42.7 Å². The van der Waals surface area contributed by atoms with Gasteiger partial charge in [0.1, 0.15) is 0 Å². The Morgan fingerprint density at radius 1 is 1.15 bits per heavy atom. The van der Waals surface area contributed by atoms with Crippen LogP contribution in [0.2, 0.25) is 0 Å². The fourth-order valence-electron chi connectivity index (χ4n) is 5.05. The van der Waals surface area contributed by atoms with Gasteiger partial charge in [-0.15, -0.1) is 0 Å². The van der Waals surface area contributed by atoms with E-state index in [1.54, 1.807) is 0 Å². The van der Waals surface area contributed by atoms with Gasteiger partial charge in [-0.25, -0.2) is 0 Å². The second kappa shape index (κ2) is 7.53. The molecule has 1 aromatic heterocycles. The van der Waals surface area contributed by atoms with Crippen LogP contribution < -0.4 is 5.32 Å². The first kappa shape index (κ1) is 17.7. The molecule has 0 amide bonds. The summed E-state index contributed by atoms with van der Waals surface area (Å²) in [6.07, 6.45) is 11.9. The molecule has 3 heterocycles. The van der Waals surface area contributed by atoms with Crippen molar-refractivity contribution in [1.29, 1.82) is 0 Å². The second-order valence-electron chi connectivity index (χ2n) is 8.46. The van der Waals surface area contributed by atoms with E-state index >= 15 is 0 Å². The van der Waals surface area contributed by atoms with Crippen molar-refractivity contribution in [2.45, 2.75) is 69.6 Å². The normalized spacial score (nSPS) is 29.9. The Kier molecular flexibility index (Phi) is 5.14. The molecule has 4 rings (SSSR count). The number of aryl methyl sites for hydroxylation is 1. The van der Waals surface area contributed by atoms with Gasteiger partial charge in [0, 0.05) is 43.0 Å². The van der Waals surface area contributed by atoms with E-state index in [0.29, 0.717) is 12.1 Å². The van der Waals surface area contributed by atoms with Crippen LogP contribution in [0.4, 0.5) is 0 Å². The maximum absolute atomic E-state index is 4.38. The molecule has 4 nitrogen and oxygen atoms in total. The lowest BCUT2D eigenvalue weighted by atomic mass is 9.83. The number of nitrogens with one attached hydrogen (secondary N) is 1. The smallest absolute Gasteiger partial charge is 0.0534 e. The summed E-state index contributed by atoms with van der Waals surface area (Å²) in [6, 6.07) is 12.1. The molecule has 2 fully saturated rings. The molecule has 3 atom stereocenters. The fraction of sp³-hybridized carbons (Fsp3) is 0.591. The zero-order valence-corrected chi connectivity index (χ0v) is 16.2. The first-order valence-electron chi connectivity index (χ1n) is 10.2. The van der Waals surface area contributed by atoms with Crippen molar-refractivity contribution in [2.24, 2.45) is 7.05 Å². The summed E-state index contributed by atoms with van der Waals surface area (Å²) in [5.41, 5.74) is 3.01. The summed E-state index contributed by atoms with van der Waals surface area (Å²) in [5, 5.41) is 8.39. The Labute approximate surface area is 157 Å². The Bertz CT molecular complexity index is 710. The Balaban J connectivity index is 1.52. The monoisotopic (exact) mass is 352 g/mol. The number of rotatable bonds is 4. The van der Waals surface area contributed by atoms with Gasteiger partial charge < -0.3 is 5.32 Å². The molecule has 1 aromatic carbocycles. The lowest BCUT2D eigenvalue weighted by Gasteiger charge is -2.44. The number of likely N-dealkylation sites (tertiary alicyclic amines) is 1. The van der Waals surface area contributed by atoms with Crippen LogP contribution in [-0.2, 0) is 20.0 Å². The second-order valence-corrected chi connectivity index (χ2v) is 8.46. The molecule has 2 aromatic rings. The van der Waals surface area contributed by atoms with Gasteiger partial charge in [0.25, 0.3) is 0 Å². The highest BCUT2D eigenvalue weighted by Gasteiger charge is 2.47. The molecular weight excluding hydrogens is 320 g/mol. The number of aromatic nitrogens is 2. The van der Waals surface area contributed by atoms with Gasteiger partial charge in [-0.2, -0.15) is 5.10 Å². The lowest BCUT2D eigenvalue weighted by Crippen LogP contribution is -2.54. The highest BCUT2D eigenvalue weighted by atomic mass is 15.3. The predicted molar refractivity (Wildman–Crippen MR) is 106 cm³/mol. The topological polar surface area (TPSA) is 33.1 Å². The fourth-order valence-corrected chi connectivity index (χ4v) is 5.05. The molecule has 0 bridgehead atoms. The van der Waals surface area contributed by atoms with Gasteiger partial charge in [0.15, 0.2) is 0 Å². The Morgan fingerprint density at radius 3 is 2.77 bits per heavy atom. The zero-order chi connectivity index (χ0) is 18.0. The molecule has 4 heteroatoms. The van der Waals surface area contributed by atoms with Gasteiger partial charge in [0.2, 0.25) is 0 Å². The van der Waals surface area contributed by atoms with E-state index in [1.807, 2.05) is 17.9 Å². The number of hydrogen-bond donors (Lipinski definition) is 1. The van der Waals surface area contributed by atoms with Crippen LogP contribution in [0.25, 0.3) is 0 Å². The van der Waals surface area contributed by atoms with Gasteiger partial charge >= 0.3 is 0 Å². The lowest BCUT2D eigenvalue weighted by molar-refractivity contribution is 0.0664. The first-order chi connectivity index (χ1) is 12.6. The highest BCUT2D eigenvalue weighted by Crippen LogP contribution is 2.37. The maximum Gasteiger partial charge on any atom is 0.0534 e. The molecule has 0 saturated carbocycles. The standard InChI is InChI=1S/C22H32N4/c1-22-14-20(13-18-9-5-3-6-10-18)24-21(22)11-7-4-8-12-26(22)17-19-15-23-25(2)16-19/h3,5-6,9-10,15-16,20-21,24H,4,7-8,11-14,17H2,1-2H3/t20-,21+,22+/m1/s1. The summed E-state index contributed by atoms with van der Waals surface area (Å²) in [7, 11) is 2.01. The number of fused-ring (bicyclic) bond motifs is 1. The molecule has 0 spiro atoms. The Hall–Kier alpha value is -1.65. The van der Waals surface area contributed by atoms with Crippen molar-refractivity contribution >= 4 is 0 Å². The third-order valence-corrected chi connectivity index (χ3v) is 6.45. The van der Waals surface area contributed by atoms with Crippen molar-refractivity contribution in [2.75, 3.05) is 6.54 Å². The minimum absolute atomic E-state index is 0.232. The van der Waals surface area contributed by atoms with Crippen molar-refractivity contribution in [3.8, 4) is 0 Å². The number of benzene rings is 1. The number of hydrogen-bond acceptors (Lipinski definition) is 3. The van der Waals surface area contributed by atoms with Crippen LogP contribution in [0.5, 0.6) is 0 Å². The molecule has 0 aliphatic carbocycles. The Morgan fingerprint density at radius 2 is 2.00 bits per heavy atom. The van der Waals surface area contributed by atoms with Crippen LogP contribution >= 0.6 is 0 Å². The van der Waals surface area contributed by atoms with E-state index in [1.165, 1.54) is 49.8 Å². The molecule has 1 N–H and O–H groups in total. The van der Waals surface area contributed by atoms with E-state index in [2.05, 4.69) is 58.8 Å². The third-order valence-electron chi connectivity index (χ3n) is 6.45. The minimum Gasteiger partial charge on any atom is -0.309 e. The van der Waals surface area contributed by atoms with Crippen molar-refractivity contribution in [3.63, 3.8) is 0 Å². The van der Waals surface area contributed by atoms with Gasteiger partial charge in [-0.1, -0.05) is 43.2 Å². The molecule has 26 heavy (non-hydrogen) atoms. The predicted octanol–water partition coefficient (Wildman–Crippen LogP) is 3.53. The zero-order valence-electron chi connectivity index (χ0n) is 16.2. The maximum atomic E-state index is 4.38. The van der Waals surface area contributed by atoms with Crippen LogP contribution in [0.1, 0.15) is 50.2 Å². The summed E-state index contributed by atoms with van der Waals surface area (Å²) in [6.45, 7) is 4.71. The molecule has 2 saturated heterocycles. The van der Waals surface area contributed by atoms with Gasteiger partial charge in [-0.05, 0) is 44.7 Å². The van der Waals surface area contributed by atoms with Gasteiger partial charge in [0.05, 0.1) is 6.20 Å². The number of nitrogens with zero attached hydrogens (tertiary/aromatic N) is 3. The molecule has 2 aliphatic rings.